The molecule has 1 saturated heterocycles. The summed E-state index contributed by atoms with van der Waals surface area (Å²) in [6.07, 6.45) is -5.84. The monoisotopic (exact) mass is 580 g/mol. The first-order valence-electron chi connectivity index (χ1n) is 11.2. The highest BCUT2D eigenvalue weighted by Gasteiger charge is 2.55. The average molecular weight is 580 g/mol. The zero-order valence-electron chi connectivity index (χ0n) is 19.8. The van der Waals surface area contributed by atoms with Gasteiger partial charge in [-0.2, -0.15) is 17.2 Å². The predicted octanol–water partition coefficient (Wildman–Crippen LogP) is -1.68. The number of Topliss-reactive ketones (excluding diaryl/α,β-unsaturated/α-hetero) is 1. The second kappa shape index (κ2) is 9.81. The van der Waals surface area contributed by atoms with Gasteiger partial charge >= 0.3 is 22.1 Å². The van der Waals surface area contributed by atoms with E-state index in [4.69, 9.17) is 10.5 Å². The summed E-state index contributed by atoms with van der Waals surface area (Å²) in [5, 5.41) is 30.5. The van der Waals surface area contributed by atoms with Gasteiger partial charge in [0.1, 0.15) is 30.2 Å². The van der Waals surface area contributed by atoms with Crippen LogP contribution in [-0.2, 0) is 24.0 Å². The van der Waals surface area contributed by atoms with Crippen LogP contribution in [0.5, 0.6) is 0 Å². The van der Waals surface area contributed by atoms with Gasteiger partial charge in [0.15, 0.2) is 23.8 Å². The first-order chi connectivity index (χ1) is 18.8. The zero-order chi connectivity index (χ0) is 29.0. The number of amides is 1. The number of nitrogens with one attached hydrogen (secondary N) is 1. The van der Waals surface area contributed by atoms with Gasteiger partial charge in [0.25, 0.3) is 0 Å². The van der Waals surface area contributed by atoms with Crippen LogP contribution in [-0.4, -0.2) is 85.8 Å². The third-order valence-corrected chi connectivity index (χ3v) is 7.06. The lowest BCUT2D eigenvalue weighted by atomic mass is 10.0. The van der Waals surface area contributed by atoms with Crippen LogP contribution in [0.4, 0.5) is 14.6 Å². The van der Waals surface area contributed by atoms with Gasteiger partial charge in [-0.25, -0.2) is 19.7 Å². The SMILES string of the molecule is Nc1ncnc2c1ncn2[C@@H]1O[C@H](COS(=O)(=O)NC(=O)C#Cc2cccc3c2C(=O)C(F)(F)C3O)[C@@H](O)[C@H]1O. The maximum absolute atomic E-state index is 13.9. The molecule has 6 N–H and O–H groups in total. The number of halogens is 2. The molecule has 5 atom stereocenters. The number of ketones is 1. The van der Waals surface area contributed by atoms with Gasteiger partial charge in [-0.1, -0.05) is 18.1 Å². The number of ether oxygens (including phenoxy) is 1. The number of aromatic nitrogens is 4. The molecule has 0 radical (unpaired) electrons. The second-order valence-corrected chi connectivity index (χ2v) is 10.0. The van der Waals surface area contributed by atoms with E-state index in [1.165, 1.54) is 21.7 Å². The molecule has 18 heteroatoms. The average Bonchev–Trinajstić information content (AvgIpc) is 3.51. The fourth-order valence-corrected chi connectivity index (χ4v) is 4.89. The molecule has 2 aliphatic rings. The lowest BCUT2D eigenvalue weighted by molar-refractivity contribution is -0.114. The fraction of sp³-hybridized carbons (Fsp3) is 0.318. The molecule has 1 aliphatic carbocycles. The molecule has 1 fully saturated rings. The van der Waals surface area contributed by atoms with Crippen LogP contribution < -0.4 is 10.5 Å². The van der Waals surface area contributed by atoms with Gasteiger partial charge in [0.2, 0.25) is 5.78 Å². The summed E-state index contributed by atoms with van der Waals surface area (Å²) in [6.45, 7) is -0.845. The van der Waals surface area contributed by atoms with Crippen molar-refractivity contribution in [2.45, 2.75) is 36.6 Å². The van der Waals surface area contributed by atoms with Crippen molar-refractivity contribution in [3.63, 3.8) is 0 Å². The summed E-state index contributed by atoms with van der Waals surface area (Å²) in [5.41, 5.74) is 4.81. The quantitative estimate of drug-likeness (QED) is 0.213. The van der Waals surface area contributed by atoms with Crippen molar-refractivity contribution in [1.29, 1.82) is 0 Å². The molecule has 1 amide bonds. The Labute approximate surface area is 222 Å². The maximum atomic E-state index is 13.9. The highest BCUT2D eigenvalue weighted by atomic mass is 32.2. The van der Waals surface area contributed by atoms with Gasteiger partial charge in [-0.3, -0.25) is 18.3 Å². The van der Waals surface area contributed by atoms with Crippen LogP contribution in [0.25, 0.3) is 11.2 Å². The first-order valence-corrected chi connectivity index (χ1v) is 12.6. The van der Waals surface area contributed by atoms with Crippen molar-refractivity contribution in [2.75, 3.05) is 12.3 Å². The number of hydrogen-bond donors (Lipinski definition) is 5. The van der Waals surface area contributed by atoms with E-state index < -0.39 is 70.7 Å². The number of imidazole rings is 1. The zero-order valence-corrected chi connectivity index (χ0v) is 20.6. The molecule has 1 unspecified atom stereocenters. The number of benzene rings is 1. The summed E-state index contributed by atoms with van der Waals surface area (Å²) in [5.74, 6) is -3.17. The standard InChI is InChI=1S/C22H18F2N6O9S/c23-22(24)17(34)10-3-1-2-9(13(10)18(22)35)4-5-12(31)29-40(36,37)38-6-11-15(32)16(33)21(39-11)30-8-28-14-19(25)26-7-27-20(14)30/h1-3,7-8,11,15-17,21,32-34H,6H2,(H,29,31)(H2,25,26,27)/t11-,15-,16-,17?,21-/m1/s1. The molecule has 3 aromatic rings. The van der Waals surface area contributed by atoms with E-state index in [0.717, 1.165) is 18.5 Å². The minimum absolute atomic E-state index is 0.0559. The molecule has 1 aromatic carbocycles. The molecule has 0 spiro atoms. The van der Waals surface area contributed by atoms with Gasteiger partial charge < -0.3 is 25.8 Å². The number of nitrogen functional groups attached to an aromatic ring is 1. The Morgan fingerprint density at radius 1 is 1.23 bits per heavy atom. The first kappa shape index (κ1) is 27.4. The molecule has 0 bridgehead atoms. The third-order valence-electron chi connectivity index (χ3n) is 6.18. The van der Waals surface area contributed by atoms with Crippen molar-refractivity contribution in [3.05, 3.63) is 47.5 Å². The number of carbonyl (C=O) groups excluding carboxylic acids is 2. The fourth-order valence-electron chi connectivity index (χ4n) is 4.24. The van der Waals surface area contributed by atoms with Gasteiger partial charge in [-0.05, 0) is 11.6 Å². The number of rotatable bonds is 5. The maximum Gasteiger partial charge on any atom is 0.363 e. The molecule has 1 aliphatic heterocycles. The Morgan fingerprint density at radius 3 is 2.73 bits per heavy atom. The number of aliphatic hydroxyl groups is 3. The van der Waals surface area contributed by atoms with Crippen molar-refractivity contribution in [1.82, 2.24) is 24.2 Å². The van der Waals surface area contributed by atoms with E-state index in [-0.39, 0.29) is 28.1 Å². The Balaban J connectivity index is 1.24. The number of alkyl halides is 2. The van der Waals surface area contributed by atoms with Crippen LogP contribution in [0.1, 0.15) is 33.8 Å². The molecule has 40 heavy (non-hydrogen) atoms. The molecular weight excluding hydrogens is 562 g/mol. The van der Waals surface area contributed by atoms with E-state index in [1.807, 2.05) is 5.92 Å². The molecule has 210 valence electrons. The van der Waals surface area contributed by atoms with Gasteiger partial charge in [0, 0.05) is 17.0 Å². The number of fused-ring (bicyclic) bond motifs is 2. The van der Waals surface area contributed by atoms with Crippen molar-refractivity contribution in [2.24, 2.45) is 0 Å². The van der Waals surface area contributed by atoms with Gasteiger partial charge in [-0.15, -0.1) is 0 Å². The van der Waals surface area contributed by atoms with Crippen molar-refractivity contribution >= 4 is 39.0 Å². The number of aliphatic hydroxyl groups excluding tert-OH is 3. The summed E-state index contributed by atoms with van der Waals surface area (Å²) >= 11 is 0. The van der Waals surface area contributed by atoms with Crippen LogP contribution in [0.15, 0.2) is 30.9 Å². The third kappa shape index (κ3) is 4.64. The summed E-state index contributed by atoms with van der Waals surface area (Å²) in [4.78, 5) is 35.9. The van der Waals surface area contributed by atoms with E-state index in [2.05, 4.69) is 25.1 Å². The number of anilines is 1. The van der Waals surface area contributed by atoms with Crippen LogP contribution >= 0.6 is 0 Å². The molecule has 3 heterocycles. The van der Waals surface area contributed by atoms with E-state index in [0.29, 0.717) is 0 Å². The lowest BCUT2D eigenvalue weighted by Crippen LogP contribution is -2.37. The molecular formula is C22H18F2N6O9S. The van der Waals surface area contributed by atoms with Crippen LogP contribution in [0.3, 0.4) is 0 Å². The minimum Gasteiger partial charge on any atom is -0.387 e. The van der Waals surface area contributed by atoms with E-state index in [1.54, 1.807) is 0 Å². The number of nitrogens with zero attached hydrogens (tertiary/aromatic N) is 4. The molecule has 2 aromatic heterocycles. The minimum atomic E-state index is -4.83. The predicted molar refractivity (Wildman–Crippen MR) is 126 cm³/mol. The largest absolute Gasteiger partial charge is 0.387 e. The Hall–Kier alpha value is -4.12. The number of nitrogens with two attached hydrogens (primary N) is 1. The second-order valence-electron chi connectivity index (χ2n) is 8.67. The van der Waals surface area contributed by atoms with E-state index >= 15 is 0 Å². The van der Waals surface area contributed by atoms with Crippen LogP contribution in [0.2, 0.25) is 0 Å². The topological polar surface area (TPSA) is 229 Å². The van der Waals surface area contributed by atoms with Crippen molar-refractivity contribution < 1.29 is 51.0 Å². The van der Waals surface area contributed by atoms with Crippen molar-refractivity contribution in [3.8, 4) is 11.8 Å². The Kier molecular flexibility index (Phi) is 6.73. The number of hydrogen-bond acceptors (Lipinski definition) is 13. The lowest BCUT2D eigenvalue weighted by Gasteiger charge is -2.16. The molecule has 5 rings (SSSR count). The highest BCUT2D eigenvalue weighted by molar-refractivity contribution is 7.85. The molecule has 15 nitrogen and oxygen atoms in total. The highest BCUT2D eigenvalue weighted by Crippen LogP contribution is 2.44. The molecule has 0 saturated carbocycles. The Bertz CT molecular complexity index is 1700. The normalized spacial score (nSPS) is 25.4. The summed E-state index contributed by atoms with van der Waals surface area (Å²) < 4.78 is 65.2. The van der Waals surface area contributed by atoms with E-state index in [9.17, 15) is 42.1 Å². The smallest absolute Gasteiger partial charge is 0.363 e. The Morgan fingerprint density at radius 2 is 1.98 bits per heavy atom. The van der Waals surface area contributed by atoms with Gasteiger partial charge in [0.05, 0.1) is 12.9 Å². The number of carbonyl (C=O) groups is 2. The van der Waals surface area contributed by atoms with Crippen LogP contribution in [0, 0.1) is 11.8 Å². The summed E-state index contributed by atoms with van der Waals surface area (Å²) in [7, 11) is -4.83. The summed E-state index contributed by atoms with van der Waals surface area (Å²) in [6, 6.07) is 3.46.